The summed E-state index contributed by atoms with van der Waals surface area (Å²) >= 11 is 0. The number of rotatable bonds is 6. The third-order valence-corrected chi connectivity index (χ3v) is 4.51. The van der Waals surface area contributed by atoms with E-state index in [-0.39, 0.29) is 11.3 Å². The number of hydrogen-bond donors (Lipinski definition) is 0. The van der Waals surface area contributed by atoms with E-state index in [9.17, 15) is 9.59 Å². The van der Waals surface area contributed by atoms with Gasteiger partial charge in [0.15, 0.2) is 5.69 Å². The number of carbonyl (C=O) groups is 1. The first-order valence-electron chi connectivity index (χ1n) is 9.70. The molecule has 0 spiro atoms. The van der Waals surface area contributed by atoms with Crippen molar-refractivity contribution in [3.8, 4) is 17.2 Å². The molecule has 0 bridgehead atoms. The fourth-order valence-electron chi connectivity index (χ4n) is 3.10. The quantitative estimate of drug-likeness (QED) is 0.343. The largest absolute Gasteiger partial charge is 0.457 e. The topological polar surface area (TPSA) is 70.4 Å². The number of aryl methyl sites for hydroxylation is 1. The first-order chi connectivity index (χ1) is 14.7. The van der Waals surface area contributed by atoms with Gasteiger partial charge in [0, 0.05) is 11.9 Å². The van der Waals surface area contributed by atoms with Gasteiger partial charge in [-0.3, -0.25) is 4.79 Å². The number of nitrogens with zero attached hydrogens (tertiary/aromatic N) is 2. The lowest BCUT2D eigenvalue weighted by atomic mass is 10.1. The molecule has 6 nitrogen and oxygen atoms in total. The summed E-state index contributed by atoms with van der Waals surface area (Å²) in [5.41, 5.74) is -0.102. The maximum atomic E-state index is 12.8. The Balaban J connectivity index is 1.59. The lowest BCUT2D eigenvalue weighted by Crippen LogP contribution is -2.27. The summed E-state index contributed by atoms with van der Waals surface area (Å²) in [6.45, 7) is 2.37. The molecule has 0 aliphatic rings. The number of para-hydroxylation sites is 1. The van der Waals surface area contributed by atoms with Crippen molar-refractivity contribution < 1.29 is 14.3 Å². The van der Waals surface area contributed by atoms with Gasteiger partial charge >= 0.3 is 5.97 Å². The summed E-state index contributed by atoms with van der Waals surface area (Å²) in [4.78, 5) is 25.4. The van der Waals surface area contributed by atoms with E-state index in [1.54, 1.807) is 48.5 Å². The molecule has 0 fully saturated rings. The lowest BCUT2D eigenvalue weighted by Gasteiger charge is -2.10. The zero-order chi connectivity index (χ0) is 20.9. The third kappa shape index (κ3) is 4.07. The van der Waals surface area contributed by atoms with E-state index in [1.165, 1.54) is 4.68 Å². The maximum absolute atomic E-state index is 12.8. The second kappa shape index (κ2) is 8.61. The normalized spacial score (nSPS) is 10.7. The van der Waals surface area contributed by atoms with Crippen LogP contribution in [-0.4, -0.2) is 15.7 Å². The van der Waals surface area contributed by atoms with Crippen LogP contribution in [0.1, 0.15) is 23.8 Å². The molecular formula is C24H20N2O4. The zero-order valence-electron chi connectivity index (χ0n) is 16.4. The molecule has 30 heavy (non-hydrogen) atoms. The SMILES string of the molecule is CCCn1nc(C(=O)Oc2ccc(Oc3ccccc3)cc2)c2ccccc2c1=O. The molecule has 150 valence electrons. The molecule has 1 heterocycles. The summed E-state index contributed by atoms with van der Waals surface area (Å²) in [7, 11) is 0. The minimum Gasteiger partial charge on any atom is -0.457 e. The minimum atomic E-state index is -0.618. The average molecular weight is 400 g/mol. The molecule has 0 atom stereocenters. The Morgan fingerprint density at radius 2 is 1.43 bits per heavy atom. The standard InChI is InChI=1S/C24H20N2O4/c1-2-16-26-23(27)21-11-7-6-10-20(21)22(25-26)24(28)30-19-14-12-18(13-15-19)29-17-8-4-3-5-9-17/h3-15H,2,16H2,1H3. The Labute approximate surface area is 173 Å². The second-order valence-corrected chi connectivity index (χ2v) is 6.70. The molecule has 4 rings (SSSR count). The Morgan fingerprint density at radius 1 is 0.833 bits per heavy atom. The number of fused-ring (bicyclic) bond motifs is 1. The van der Waals surface area contributed by atoms with E-state index in [0.29, 0.717) is 28.8 Å². The predicted octanol–water partition coefficient (Wildman–Crippen LogP) is 4.82. The summed E-state index contributed by atoms with van der Waals surface area (Å²) in [6, 6.07) is 23.1. The number of benzene rings is 3. The molecule has 3 aromatic carbocycles. The van der Waals surface area contributed by atoms with Crippen LogP contribution in [0.15, 0.2) is 83.7 Å². The number of carbonyl (C=O) groups excluding carboxylic acids is 1. The molecule has 0 unspecified atom stereocenters. The van der Waals surface area contributed by atoms with Gasteiger partial charge in [-0.1, -0.05) is 43.3 Å². The van der Waals surface area contributed by atoms with E-state index in [4.69, 9.17) is 9.47 Å². The van der Waals surface area contributed by atoms with E-state index >= 15 is 0 Å². The van der Waals surface area contributed by atoms with Crippen molar-refractivity contribution in [1.29, 1.82) is 0 Å². The second-order valence-electron chi connectivity index (χ2n) is 6.70. The summed E-state index contributed by atoms with van der Waals surface area (Å²) in [5.74, 6) is 1.09. The molecule has 6 heteroatoms. The van der Waals surface area contributed by atoms with Crippen molar-refractivity contribution in [2.24, 2.45) is 0 Å². The van der Waals surface area contributed by atoms with Gasteiger partial charge in [-0.15, -0.1) is 0 Å². The Morgan fingerprint density at radius 3 is 2.13 bits per heavy atom. The molecule has 0 saturated carbocycles. The number of aromatic nitrogens is 2. The van der Waals surface area contributed by atoms with Gasteiger partial charge in [0.1, 0.15) is 17.2 Å². The highest BCUT2D eigenvalue weighted by atomic mass is 16.5. The Bertz CT molecular complexity index is 1230. The molecule has 0 aliphatic carbocycles. The van der Waals surface area contributed by atoms with Crippen molar-refractivity contribution >= 4 is 16.7 Å². The van der Waals surface area contributed by atoms with Gasteiger partial charge in [0.05, 0.1) is 5.39 Å². The van der Waals surface area contributed by atoms with Crippen molar-refractivity contribution in [1.82, 2.24) is 9.78 Å². The number of esters is 1. The fourth-order valence-corrected chi connectivity index (χ4v) is 3.10. The third-order valence-electron chi connectivity index (χ3n) is 4.51. The van der Waals surface area contributed by atoms with E-state index in [2.05, 4.69) is 5.10 Å². The predicted molar refractivity (Wildman–Crippen MR) is 114 cm³/mol. The number of hydrogen-bond acceptors (Lipinski definition) is 5. The molecule has 1 aromatic heterocycles. The van der Waals surface area contributed by atoms with Gasteiger partial charge in [0.2, 0.25) is 0 Å². The van der Waals surface area contributed by atoms with Gasteiger partial charge < -0.3 is 9.47 Å². The Kier molecular flexibility index (Phi) is 5.57. The molecule has 0 amide bonds. The zero-order valence-corrected chi connectivity index (χ0v) is 16.4. The van der Waals surface area contributed by atoms with Crippen molar-refractivity contribution in [3.63, 3.8) is 0 Å². The molecular weight excluding hydrogens is 380 g/mol. The van der Waals surface area contributed by atoms with Crippen LogP contribution in [-0.2, 0) is 6.54 Å². The molecule has 0 N–H and O–H groups in total. The molecule has 0 aliphatic heterocycles. The number of ether oxygens (including phenoxy) is 2. The fraction of sp³-hybridized carbons (Fsp3) is 0.125. The van der Waals surface area contributed by atoms with E-state index in [1.807, 2.05) is 37.3 Å². The van der Waals surface area contributed by atoms with Crippen molar-refractivity contribution in [3.05, 3.63) is 94.9 Å². The lowest BCUT2D eigenvalue weighted by molar-refractivity contribution is 0.0728. The summed E-state index contributed by atoms with van der Waals surface area (Å²) < 4.78 is 12.6. The van der Waals surface area contributed by atoms with Crippen LogP contribution in [0.2, 0.25) is 0 Å². The van der Waals surface area contributed by atoms with Crippen LogP contribution < -0.4 is 15.0 Å². The van der Waals surface area contributed by atoms with Gasteiger partial charge in [0.25, 0.3) is 5.56 Å². The summed E-state index contributed by atoms with van der Waals surface area (Å²) in [6.07, 6.45) is 0.725. The van der Waals surface area contributed by atoms with Gasteiger partial charge in [-0.25, -0.2) is 9.48 Å². The average Bonchev–Trinajstić information content (AvgIpc) is 2.78. The maximum Gasteiger partial charge on any atom is 0.364 e. The van der Waals surface area contributed by atoms with Crippen LogP contribution in [0, 0.1) is 0 Å². The molecule has 4 aromatic rings. The van der Waals surface area contributed by atoms with Crippen molar-refractivity contribution in [2.75, 3.05) is 0 Å². The Hall–Kier alpha value is -3.93. The van der Waals surface area contributed by atoms with Crippen molar-refractivity contribution in [2.45, 2.75) is 19.9 Å². The van der Waals surface area contributed by atoms with Gasteiger partial charge in [-0.2, -0.15) is 5.10 Å². The summed E-state index contributed by atoms with van der Waals surface area (Å²) in [5, 5.41) is 5.18. The molecule has 0 radical (unpaired) electrons. The monoisotopic (exact) mass is 400 g/mol. The smallest absolute Gasteiger partial charge is 0.364 e. The highest BCUT2D eigenvalue weighted by Crippen LogP contribution is 2.24. The van der Waals surface area contributed by atoms with Crippen LogP contribution in [0.5, 0.6) is 17.2 Å². The first kappa shape index (κ1) is 19.4. The molecule has 0 saturated heterocycles. The minimum absolute atomic E-state index is 0.114. The van der Waals surface area contributed by atoms with Crippen LogP contribution in [0.25, 0.3) is 10.8 Å². The van der Waals surface area contributed by atoms with Crippen LogP contribution in [0.3, 0.4) is 0 Å². The highest BCUT2D eigenvalue weighted by Gasteiger charge is 2.18. The van der Waals surface area contributed by atoms with E-state index in [0.717, 1.165) is 12.2 Å². The van der Waals surface area contributed by atoms with Crippen LogP contribution in [0.4, 0.5) is 0 Å². The van der Waals surface area contributed by atoms with Gasteiger partial charge in [-0.05, 0) is 48.9 Å². The van der Waals surface area contributed by atoms with E-state index < -0.39 is 5.97 Å². The first-order valence-corrected chi connectivity index (χ1v) is 9.70. The highest BCUT2D eigenvalue weighted by molar-refractivity contribution is 6.02. The van der Waals surface area contributed by atoms with Crippen LogP contribution >= 0.6 is 0 Å².